The van der Waals surface area contributed by atoms with Crippen molar-refractivity contribution in [2.24, 2.45) is 5.92 Å². The maximum Gasteiger partial charge on any atom is 0.0284 e. The molecule has 0 bridgehead atoms. The van der Waals surface area contributed by atoms with Gasteiger partial charge in [-0.05, 0) is 31.4 Å². The van der Waals surface area contributed by atoms with Gasteiger partial charge in [-0.3, -0.25) is 4.90 Å². The van der Waals surface area contributed by atoms with Crippen LogP contribution in [0.4, 0.5) is 0 Å². The molecule has 2 nitrogen and oxygen atoms in total. The molecule has 1 N–H and O–H groups in total. The van der Waals surface area contributed by atoms with Crippen LogP contribution in [0.25, 0.3) is 0 Å². The quantitative estimate of drug-likeness (QED) is 0.805. The molecule has 1 heterocycles. The van der Waals surface area contributed by atoms with E-state index in [4.69, 9.17) is 0 Å². The van der Waals surface area contributed by atoms with Gasteiger partial charge in [-0.25, -0.2) is 0 Å². The van der Waals surface area contributed by atoms with E-state index in [0.717, 1.165) is 18.0 Å². The Hall–Kier alpha value is 0.270. The summed E-state index contributed by atoms with van der Waals surface area (Å²) >= 11 is 2.12. The second-order valence-corrected chi connectivity index (χ2v) is 8.15. The molecule has 0 amide bonds. The van der Waals surface area contributed by atoms with Gasteiger partial charge in [0.1, 0.15) is 0 Å². The SMILES string of the molecule is CCCC1CN(CC2(SC)CCC2)C(C(C)C)CN1. The molecular weight excluding hydrogens is 252 g/mol. The Kier molecular flexibility index (Phi) is 5.62. The lowest BCUT2D eigenvalue weighted by Crippen LogP contribution is -2.61. The number of piperazine rings is 1. The van der Waals surface area contributed by atoms with Crippen molar-refractivity contribution in [3.63, 3.8) is 0 Å². The topological polar surface area (TPSA) is 15.3 Å². The molecule has 2 rings (SSSR count). The summed E-state index contributed by atoms with van der Waals surface area (Å²) in [6.07, 6.45) is 9.24. The van der Waals surface area contributed by atoms with Gasteiger partial charge in [-0.1, -0.05) is 33.6 Å². The Morgan fingerprint density at radius 1 is 1.37 bits per heavy atom. The lowest BCUT2D eigenvalue weighted by molar-refractivity contribution is 0.0728. The van der Waals surface area contributed by atoms with Gasteiger partial charge in [0, 0.05) is 36.5 Å². The predicted octanol–water partition coefficient (Wildman–Crippen LogP) is 3.37. The zero-order valence-electron chi connectivity index (χ0n) is 13.2. The fraction of sp³-hybridized carbons (Fsp3) is 1.00. The fourth-order valence-electron chi connectivity index (χ4n) is 3.65. The number of hydrogen-bond acceptors (Lipinski definition) is 3. The van der Waals surface area contributed by atoms with Crippen LogP contribution in [0.3, 0.4) is 0 Å². The molecule has 1 aliphatic heterocycles. The maximum atomic E-state index is 3.77. The van der Waals surface area contributed by atoms with Crippen LogP contribution in [0.5, 0.6) is 0 Å². The van der Waals surface area contributed by atoms with Crippen LogP contribution in [0.15, 0.2) is 0 Å². The molecule has 0 aromatic carbocycles. The molecule has 19 heavy (non-hydrogen) atoms. The monoisotopic (exact) mass is 284 g/mol. The summed E-state index contributed by atoms with van der Waals surface area (Å²) in [7, 11) is 0. The van der Waals surface area contributed by atoms with E-state index < -0.39 is 0 Å². The van der Waals surface area contributed by atoms with Gasteiger partial charge in [-0.15, -0.1) is 0 Å². The first-order valence-corrected chi connectivity index (χ1v) is 9.35. The first-order valence-electron chi connectivity index (χ1n) is 8.13. The van der Waals surface area contributed by atoms with Crippen LogP contribution in [-0.2, 0) is 0 Å². The highest BCUT2D eigenvalue weighted by atomic mass is 32.2. The van der Waals surface area contributed by atoms with Gasteiger partial charge in [0.2, 0.25) is 0 Å². The molecule has 1 saturated heterocycles. The normalized spacial score (nSPS) is 31.4. The van der Waals surface area contributed by atoms with E-state index in [9.17, 15) is 0 Å². The fourth-order valence-corrected chi connectivity index (χ4v) is 4.64. The molecule has 2 aliphatic rings. The standard InChI is InChI=1S/C16H32N2S/c1-5-7-14-11-18(15(10-17-14)13(2)3)12-16(19-4)8-6-9-16/h13-15,17H,5-12H2,1-4H3. The summed E-state index contributed by atoms with van der Waals surface area (Å²) in [5.41, 5.74) is 0. The Morgan fingerprint density at radius 3 is 2.58 bits per heavy atom. The highest BCUT2D eigenvalue weighted by Crippen LogP contribution is 2.44. The summed E-state index contributed by atoms with van der Waals surface area (Å²) in [6, 6.07) is 1.46. The summed E-state index contributed by atoms with van der Waals surface area (Å²) in [6.45, 7) is 10.8. The van der Waals surface area contributed by atoms with Gasteiger partial charge >= 0.3 is 0 Å². The lowest BCUT2D eigenvalue weighted by atomic mass is 9.82. The molecule has 0 spiro atoms. The number of rotatable bonds is 6. The van der Waals surface area contributed by atoms with Crippen molar-refractivity contribution in [3.8, 4) is 0 Å². The van der Waals surface area contributed by atoms with Crippen molar-refractivity contribution in [1.29, 1.82) is 0 Å². The average Bonchev–Trinajstić information content (AvgIpc) is 2.34. The molecular formula is C16H32N2S. The van der Waals surface area contributed by atoms with E-state index in [1.165, 1.54) is 51.7 Å². The van der Waals surface area contributed by atoms with Crippen LogP contribution in [0.2, 0.25) is 0 Å². The highest BCUT2D eigenvalue weighted by molar-refractivity contribution is 8.00. The Labute approximate surface area is 124 Å². The second-order valence-electron chi connectivity index (χ2n) is 6.88. The third-order valence-corrected chi connectivity index (χ3v) is 6.54. The highest BCUT2D eigenvalue weighted by Gasteiger charge is 2.41. The second kappa shape index (κ2) is 6.82. The Balaban J connectivity index is 1.98. The van der Waals surface area contributed by atoms with Gasteiger partial charge < -0.3 is 5.32 Å². The molecule has 112 valence electrons. The minimum Gasteiger partial charge on any atom is -0.311 e. The van der Waals surface area contributed by atoms with E-state index >= 15 is 0 Å². The molecule has 2 atom stereocenters. The van der Waals surface area contributed by atoms with Crippen LogP contribution in [0.1, 0.15) is 52.9 Å². The maximum absolute atomic E-state index is 3.77. The minimum absolute atomic E-state index is 0.585. The number of thioether (sulfide) groups is 1. The van der Waals surface area contributed by atoms with E-state index in [1.807, 2.05) is 0 Å². The van der Waals surface area contributed by atoms with E-state index in [-0.39, 0.29) is 0 Å². The third-order valence-electron chi connectivity index (χ3n) is 5.14. The van der Waals surface area contributed by atoms with Crippen molar-refractivity contribution in [3.05, 3.63) is 0 Å². The largest absolute Gasteiger partial charge is 0.311 e. The van der Waals surface area contributed by atoms with Crippen molar-refractivity contribution >= 4 is 11.8 Å². The number of nitrogens with zero attached hydrogens (tertiary/aromatic N) is 1. The summed E-state index contributed by atoms with van der Waals surface area (Å²) in [5.74, 6) is 0.758. The molecule has 0 aromatic rings. The van der Waals surface area contributed by atoms with Crippen LogP contribution in [0, 0.1) is 5.92 Å². The van der Waals surface area contributed by atoms with Gasteiger partial charge in [0.15, 0.2) is 0 Å². The number of nitrogens with one attached hydrogen (secondary N) is 1. The average molecular weight is 285 g/mol. The molecule has 2 unspecified atom stereocenters. The third kappa shape index (κ3) is 3.68. The summed E-state index contributed by atoms with van der Waals surface area (Å²) < 4.78 is 0.585. The predicted molar refractivity (Wildman–Crippen MR) is 87.0 cm³/mol. The molecule has 2 fully saturated rings. The summed E-state index contributed by atoms with van der Waals surface area (Å²) in [4.78, 5) is 2.82. The zero-order chi connectivity index (χ0) is 13.9. The van der Waals surface area contributed by atoms with E-state index in [1.54, 1.807) is 0 Å². The Morgan fingerprint density at radius 2 is 2.11 bits per heavy atom. The minimum atomic E-state index is 0.585. The van der Waals surface area contributed by atoms with E-state index in [2.05, 4.69) is 49.0 Å². The summed E-state index contributed by atoms with van der Waals surface area (Å²) in [5, 5.41) is 3.77. The molecule has 0 radical (unpaired) electrons. The van der Waals surface area contributed by atoms with Crippen LogP contribution < -0.4 is 5.32 Å². The molecule has 3 heteroatoms. The van der Waals surface area contributed by atoms with Crippen molar-refractivity contribution in [1.82, 2.24) is 10.2 Å². The van der Waals surface area contributed by atoms with Gasteiger partial charge in [0.05, 0.1) is 0 Å². The van der Waals surface area contributed by atoms with Crippen molar-refractivity contribution < 1.29 is 0 Å². The van der Waals surface area contributed by atoms with Crippen molar-refractivity contribution in [2.75, 3.05) is 25.9 Å². The molecule has 1 saturated carbocycles. The van der Waals surface area contributed by atoms with Crippen LogP contribution >= 0.6 is 11.8 Å². The first kappa shape index (κ1) is 15.7. The van der Waals surface area contributed by atoms with Crippen molar-refractivity contribution in [2.45, 2.75) is 69.7 Å². The zero-order valence-corrected chi connectivity index (χ0v) is 14.1. The molecule has 0 aromatic heterocycles. The van der Waals surface area contributed by atoms with Gasteiger partial charge in [0.25, 0.3) is 0 Å². The van der Waals surface area contributed by atoms with Gasteiger partial charge in [-0.2, -0.15) is 11.8 Å². The first-order chi connectivity index (χ1) is 9.10. The smallest absolute Gasteiger partial charge is 0.0284 e. The lowest BCUT2D eigenvalue weighted by Gasteiger charge is -2.50. The molecule has 1 aliphatic carbocycles. The van der Waals surface area contributed by atoms with Crippen LogP contribution in [-0.4, -0.2) is 47.6 Å². The van der Waals surface area contributed by atoms with E-state index in [0.29, 0.717) is 4.75 Å². The Bertz CT molecular complexity index is 270. The number of hydrogen-bond donors (Lipinski definition) is 1.